The summed E-state index contributed by atoms with van der Waals surface area (Å²) in [6.45, 7) is 3.74. The van der Waals surface area contributed by atoms with Gasteiger partial charge in [-0.05, 0) is 66.7 Å². The van der Waals surface area contributed by atoms with Gasteiger partial charge in [0, 0.05) is 5.69 Å². The molecule has 158 valence electrons. The lowest BCUT2D eigenvalue weighted by atomic mass is 10.2. The van der Waals surface area contributed by atoms with Crippen molar-refractivity contribution in [2.45, 2.75) is 20.0 Å². The molecule has 30 heavy (non-hydrogen) atoms. The van der Waals surface area contributed by atoms with E-state index in [1.165, 1.54) is 35.3 Å². The quantitative estimate of drug-likeness (QED) is 0.555. The summed E-state index contributed by atoms with van der Waals surface area (Å²) in [6, 6.07) is 10.1. The molecule has 2 aromatic carbocycles. The number of amides is 1. The van der Waals surface area contributed by atoms with Crippen LogP contribution in [0.25, 0.3) is 5.69 Å². The van der Waals surface area contributed by atoms with Gasteiger partial charge in [-0.2, -0.15) is 0 Å². The first-order valence-corrected chi connectivity index (χ1v) is 10.5. The maximum Gasteiger partial charge on any atom is 0.241 e. The molecule has 3 aromatic rings. The second-order valence-electron chi connectivity index (χ2n) is 6.52. The fourth-order valence-electron chi connectivity index (χ4n) is 2.48. The van der Waals surface area contributed by atoms with E-state index in [9.17, 15) is 17.6 Å². The van der Waals surface area contributed by atoms with Gasteiger partial charge in [0.2, 0.25) is 15.9 Å². The maximum atomic E-state index is 14.0. The second-order valence-corrected chi connectivity index (χ2v) is 8.24. The van der Waals surface area contributed by atoms with E-state index in [4.69, 9.17) is 4.74 Å². The summed E-state index contributed by atoms with van der Waals surface area (Å²) in [5.41, 5.74) is 0.463. The Labute approximate surface area is 172 Å². The molecule has 2 N–H and O–H groups in total. The van der Waals surface area contributed by atoms with Crippen LogP contribution in [-0.4, -0.2) is 46.4 Å². The first-order chi connectivity index (χ1) is 14.2. The summed E-state index contributed by atoms with van der Waals surface area (Å²) in [5.74, 6) is -1.95. The molecule has 0 unspecified atom stereocenters. The predicted molar refractivity (Wildman–Crippen MR) is 107 cm³/mol. The summed E-state index contributed by atoms with van der Waals surface area (Å²) in [4.78, 5) is 12.2. The average Bonchev–Trinajstić information content (AvgIpc) is 3.18. The Kier molecular flexibility index (Phi) is 6.26. The Morgan fingerprint density at radius 1 is 1.20 bits per heavy atom. The number of hydrogen-bond acceptors (Lipinski definition) is 7. The van der Waals surface area contributed by atoms with Crippen LogP contribution in [0.15, 0.2) is 48.8 Å². The van der Waals surface area contributed by atoms with Gasteiger partial charge in [0.15, 0.2) is 0 Å². The van der Waals surface area contributed by atoms with Gasteiger partial charge in [0.05, 0.1) is 17.5 Å². The molecule has 0 fully saturated rings. The molecule has 0 bridgehead atoms. The number of tetrazole rings is 1. The first kappa shape index (κ1) is 21.2. The lowest BCUT2D eigenvalue weighted by Crippen LogP contribution is -2.27. The molecule has 0 aliphatic rings. The van der Waals surface area contributed by atoms with E-state index in [-0.39, 0.29) is 17.5 Å². The Hall–Kier alpha value is -3.54. The Bertz CT molecular complexity index is 1120. The van der Waals surface area contributed by atoms with Crippen LogP contribution in [0.3, 0.4) is 0 Å². The molecule has 1 amide bonds. The molecule has 12 heteroatoms. The third-order valence-corrected chi connectivity index (χ3v) is 4.85. The molecule has 0 saturated carbocycles. The predicted octanol–water partition coefficient (Wildman–Crippen LogP) is 1.97. The van der Waals surface area contributed by atoms with Crippen LogP contribution in [0.1, 0.15) is 13.8 Å². The fraction of sp³-hybridized carbons (Fsp3) is 0.222. The van der Waals surface area contributed by atoms with E-state index >= 15 is 0 Å². The summed E-state index contributed by atoms with van der Waals surface area (Å²) < 4.78 is 47.6. The van der Waals surface area contributed by atoms with Crippen LogP contribution in [-0.2, 0) is 14.8 Å². The highest BCUT2D eigenvalue weighted by Crippen LogP contribution is 2.20. The van der Waals surface area contributed by atoms with Gasteiger partial charge in [-0.15, -0.1) is 5.10 Å². The summed E-state index contributed by atoms with van der Waals surface area (Å²) in [5, 5.41) is 12.9. The van der Waals surface area contributed by atoms with Crippen molar-refractivity contribution >= 4 is 27.3 Å². The van der Waals surface area contributed by atoms with Crippen molar-refractivity contribution in [2.24, 2.45) is 0 Å². The zero-order valence-electron chi connectivity index (χ0n) is 16.1. The van der Waals surface area contributed by atoms with E-state index < -0.39 is 27.5 Å². The molecule has 0 spiro atoms. The van der Waals surface area contributed by atoms with Gasteiger partial charge >= 0.3 is 0 Å². The number of carbonyl (C=O) groups excluding carboxylic acids is 1. The SMILES string of the molecule is CC(C)Oc1ccc(NS(=O)(=O)CC(=O)Nc2cc(-n3cnnn3)ccc2F)cc1. The smallest absolute Gasteiger partial charge is 0.241 e. The number of aromatic nitrogens is 4. The number of hydrogen-bond donors (Lipinski definition) is 2. The molecule has 0 aliphatic heterocycles. The number of halogens is 1. The molecule has 1 heterocycles. The number of nitrogens with one attached hydrogen (secondary N) is 2. The lowest BCUT2D eigenvalue weighted by molar-refractivity contribution is -0.113. The topological polar surface area (TPSA) is 128 Å². The molecule has 0 radical (unpaired) electrons. The minimum absolute atomic E-state index is 0.0176. The number of benzene rings is 2. The highest BCUT2D eigenvalue weighted by molar-refractivity contribution is 7.93. The van der Waals surface area contributed by atoms with Crippen LogP contribution < -0.4 is 14.8 Å². The van der Waals surface area contributed by atoms with Gasteiger partial charge in [-0.1, -0.05) is 0 Å². The van der Waals surface area contributed by atoms with Crippen molar-refractivity contribution in [3.8, 4) is 11.4 Å². The van der Waals surface area contributed by atoms with E-state index in [0.717, 1.165) is 6.07 Å². The molecular formula is C18H19FN6O4S. The Morgan fingerprint density at radius 3 is 2.57 bits per heavy atom. The van der Waals surface area contributed by atoms with Crippen LogP contribution in [0.4, 0.5) is 15.8 Å². The van der Waals surface area contributed by atoms with Crippen molar-refractivity contribution in [1.29, 1.82) is 0 Å². The van der Waals surface area contributed by atoms with Crippen molar-refractivity contribution < 1.29 is 22.3 Å². The third-order valence-electron chi connectivity index (χ3n) is 3.66. The minimum atomic E-state index is -4.02. The normalized spacial score (nSPS) is 11.3. The zero-order chi connectivity index (χ0) is 21.7. The van der Waals surface area contributed by atoms with Crippen LogP contribution in [0.2, 0.25) is 0 Å². The maximum absolute atomic E-state index is 14.0. The van der Waals surface area contributed by atoms with Gasteiger partial charge in [-0.25, -0.2) is 17.5 Å². The van der Waals surface area contributed by atoms with Crippen LogP contribution >= 0.6 is 0 Å². The van der Waals surface area contributed by atoms with Gasteiger partial charge in [-0.3, -0.25) is 9.52 Å². The van der Waals surface area contributed by atoms with Crippen molar-refractivity contribution in [2.75, 3.05) is 15.8 Å². The molecule has 0 saturated heterocycles. The molecule has 1 aromatic heterocycles. The summed E-state index contributed by atoms with van der Waals surface area (Å²) in [7, 11) is -4.02. The minimum Gasteiger partial charge on any atom is -0.491 e. The van der Waals surface area contributed by atoms with Gasteiger partial charge in [0.25, 0.3) is 0 Å². The molecule has 0 atom stereocenters. The van der Waals surface area contributed by atoms with Gasteiger partial charge in [0.1, 0.15) is 23.6 Å². The summed E-state index contributed by atoms with van der Waals surface area (Å²) in [6.07, 6.45) is 1.28. The van der Waals surface area contributed by atoms with Crippen LogP contribution in [0.5, 0.6) is 5.75 Å². The number of rotatable bonds is 8. The number of ether oxygens (including phenoxy) is 1. The summed E-state index contributed by atoms with van der Waals surface area (Å²) >= 11 is 0. The first-order valence-electron chi connectivity index (χ1n) is 8.82. The number of anilines is 2. The highest BCUT2D eigenvalue weighted by atomic mass is 32.2. The van der Waals surface area contributed by atoms with Gasteiger partial charge < -0.3 is 10.1 Å². The van der Waals surface area contributed by atoms with E-state index in [1.54, 1.807) is 12.1 Å². The number of sulfonamides is 1. The molecule has 0 aliphatic carbocycles. The Morgan fingerprint density at radius 2 is 1.93 bits per heavy atom. The highest BCUT2D eigenvalue weighted by Gasteiger charge is 2.18. The standard InChI is InChI=1S/C18H19FN6O4S/c1-12(2)29-15-6-3-13(4-7-15)22-30(27,28)10-18(26)21-17-9-14(5-8-16(17)19)25-11-20-23-24-25/h3-9,11-12,22H,10H2,1-2H3,(H,21,26). The average molecular weight is 434 g/mol. The number of carbonyl (C=O) groups is 1. The largest absolute Gasteiger partial charge is 0.491 e. The number of nitrogens with zero attached hydrogens (tertiary/aromatic N) is 4. The fourth-order valence-corrected chi connectivity index (χ4v) is 3.46. The van der Waals surface area contributed by atoms with E-state index in [2.05, 4.69) is 25.6 Å². The van der Waals surface area contributed by atoms with E-state index in [1.807, 2.05) is 13.8 Å². The molecule has 3 rings (SSSR count). The Balaban J connectivity index is 1.64. The van der Waals surface area contributed by atoms with Crippen LogP contribution in [0, 0.1) is 5.82 Å². The van der Waals surface area contributed by atoms with Crippen molar-refractivity contribution in [1.82, 2.24) is 20.2 Å². The monoisotopic (exact) mass is 434 g/mol. The van der Waals surface area contributed by atoms with Crippen molar-refractivity contribution in [3.05, 3.63) is 54.6 Å². The second kappa shape index (κ2) is 8.86. The van der Waals surface area contributed by atoms with Crippen molar-refractivity contribution in [3.63, 3.8) is 0 Å². The third kappa shape index (κ3) is 5.73. The lowest BCUT2D eigenvalue weighted by Gasteiger charge is -2.12. The molecular weight excluding hydrogens is 415 g/mol. The van der Waals surface area contributed by atoms with E-state index in [0.29, 0.717) is 11.4 Å². The zero-order valence-corrected chi connectivity index (χ0v) is 16.9. The molecule has 10 nitrogen and oxygen atoms in total.